The van der Waals surface area contributed by atoms with Crippen LogP contribution >= 0.6 is 0 Å². The van der Waals surface area contributed by atoms with Gasteiger partial charge < -0.3 is 11.1 Å². The molecule has 106 valence electrons. The Hall–Kier alpha value is -0.570. The van der Waals surface area contributed by atoms with Crippen molar-refractivity contribution in [3.8, 4) is 0 Å². The first-order valence-electron chi connectivity index (χ1n) is 7.64. The van der Waals surface area contributed by atoms with Crippen LogP contribution in [-0.4, -0.2) is 18.5 Å². The van der Waals surface area contributed by atoms with E-state index in [4.69, 9.17) is 5.73 Å². The maximum atomic E-state index is 12.1. The highest BCUT2D eigenvalue weighted by molar-refractivity contribution is 5.79. The fourth-order valence-electron chi connectivity index (χ4n) is 2.68. The van der Waals surface area contributed by atoms with Crippen molar-refractivity contribution in [1.82, 2.24) is 5.32 Å². The molecule has 1 rings (SSSR count). The van der Waals surface area contributed by atoms with E-state index in [0.717, 1.165) is 38.1 Å². The Morgan fingerprint density at radius 1 is 1.22 bits per heavy atom. The van der Waals surface area contributed by atoms with E-state index in [0.29, 0.717) is 0 Å². The van der Waals surface area contributed by atoms with E-state index in [9.17, 15) is 4.79 Å². The average molecular weight is 254 g/mol. The second-order valence-corrected chi connectivity index (χ2v) is 6.09. The lowest BCUT2D eigenvalue weighted by Crippen LogP contribution is -2.41. The third-order valence-electron chi connectivity index (χ3n) is 3.91. The fourth-order valence-corrected chi connectivity index (χ4v) is 2.68. The highest BCUT2D eigenvalue weighted by atomic mass is 16.1. The van der Waals surface area contributed by atoms with Crippen molar-refractivity contribution in [2.75, 3.05) is 6.54 Å². The van der Waals surface area contributed by atoms with Gasteiger partial charge in [-0.1, -0.05) is 46.0 Å². The van der Waals surface area contributed by atoms with Crippen molar-refractivity contribution >= 4 is 5.91 Å². The number of rotatable bonds is 6. The van der Waals surface area contributed by atoms with Crippen molar-refractivity contribution in [1.29, 1.82) is 0 Å². The Morgan fingerprint density at radius 2 is 1.94 bits per heavy atom. The third-order valence-corrected chi connectivity index (χ3v) is 3.91. The van der Waals surface area contributed by atoms with Crippen LogP contribution in [0.1, 0.15) is 65.2 Å². The predicted molar refractivity (Wildman–Crippen MR) is 76.2 cm³/mol. The first-order chi connectivity index (χ1) is 8.61. The predicted octanol–water partition coefficient (Wildman–Crippen LogP) is 2.84. The molecule has 0 saturated heterocycles. The largest absolute Gasteiger partial charge is 0.356 e. The van der Waals surface area contributed by atoms with Crippen LogP contribution in [0.3, 0.4) is 0 Å². The molecule has 3 heteroatoms. The molecule has 0 aliphatic heterocycles. The molecule has 2 atom stereocenters. The van der Waals surface area contributed by atoms with Gasteiger partial charge in [-0.05, 0) is 25.2 Å². The normalized spacial score (nSPS) is 24.9. The second-order valence-electron chi connectivity index (χ2n) is 6.09. The van der Waals surface area contributed by atoms with Crippen molar-refractivity contribution in [3.05, 3.63) is 0 Å². The molecule has 18 heavy (non-hydrogen) atoms. The van der Waals surface area contributed by atoms with Crippen LogP contribution in [0.2, 0.25) is 0 Å². The summed E-state index contributed by atoms with van der Waals surface area (Å²) in [5.74, 6) is 1.00. The molecule has 1 aliphatic rings. The maximum absolute atomic E-state index is 12.1. The summed E-state index contributed by atoms with van der Waals surface area (Å²) in [6, 6.07) is 0.0724. The Bertz CT molecular complexity index is 241. The van der Waals surface area contributed by atoms with Crippen LogP contribution in [0, 0.1) is 11.8 Å². The minimum absolute atomic E-state index is 0.0533. The molecule has 2 unspecified atom stereocenters. The fraction of sp³-hybridized carbons (Fsp3) is 0.933. The molecule has 0 heterocycles. The van der Waals surface area contributed by atoms with E-state index in [-0.39, 0.29) is 17.9 Å². The van der Waals surface area contributed by atoms with Crippen LogP contribution in [-0.2, 0) is 4.79 Å². The van der Waals surface area contributed by atoms with Crippen molar-refractivity contribution in [2.45, 2.75) is 71.3 Å². The molecule has 0 aromatic carbocycles. The molecule has 1 saturated carbocycles. The van der Waals surface area contributed by atoms with Gasteiger partial charge in [0, 0.05) is 12.6 Å². The quantitative estimate of drug-likeness (QED) is 0.565. The molecule has 1 fully saturated rings. The monoisotopic (exact) mass is 254 g/mol. The van der Waals surface area contributed by atoms with Crippen molar-refractivity contribution in [2.24, 2.45) is 17.6 Å². The number of hydrogen-bond acceptors (Lipinski definition) is 2. The summed E-state index contributed by atoms with van der Waals surface area (Å²) in [6.07, 6.45) is 9.08. The number of hydrogen-bond donors (Lipinski definition) is 2. The Labute approximate surface area is 112 Å². The molecule has 1 aliphatic carbocycles. The third kappa shape index (κ3) is 5.85. The lowest BCUT2D eigenvalue weighted by atomic mass is 9.94. The van der Waals surface area contributed by atoms with Crippen molar-refractivity contribution < 1.29 is 4.79 Å². The summed E-state index contributed by atoms with van der Waals surface area (Å²) in [7, 11) is 0. The first-order valence-corrected chi connectivity index (χ1v) is 7.64. The zero-order valence-electron chi connectivity index (χ0n) is 12.1. The van der Waals surface area contributed by atoms with Gasteiger partial charge in [-0.2, -0.15) is 0 Å². The molecule has 1 amide bonds. The van der Waals surface area contributed by atoms with Gasteiger partial charge in [-0.25, -0.2) is 0 Å². The highest BCUT2D eigenvalue weighted by Crippen LogP contribution is 2.22. The first kappa shape index (κ1) is 15.5. The highest BCUT2D eigenvalue weighted by Gasteiger charge is 2.26. The summed E-state index contributed by atoms with van der Waals surface area (Å²) >= 11 is 0. The smallest absolute Gasteiger partial charge is 0.224 e. The standard InChI is InChI=1S/C15H30N2O/c1-12(2)8-6-7-11-17-15(18)13-9-4-3-5-10-14(13)16/h12-14H,3-11,16H2,1-2H3,(H,17,18). The van der Waals surface area contributed by atoms with Crippen LogP contribution in [0.25, 0.3) is 0 Å². The molecule has 3 N–H and O–H groups in total. The number of amides is 1. The Morgan fingerprint density at radius 3 is 2.67 bits per heavy atom. The van der Waals surface area contributed by atoms with Gasteiger partial charge in [0.05, 0.1) is 5.92 Å². The Balaban J connectivity index is 2.18. The molecule has 0 radical (unpaired) electrons. The van der Waals surface area contributed by atoms with Crippen molar-refractivity contribution in [3.63, 3.8) is 0 Å². The lowest BCUT2D eigenvalue weighted by Gasteiger charge is -2.20. The number of nitrogens with two attached hydrogens (primary N) is 1. The topological polar surface area (TPSA) is 55.1 Å². The van der Waals surface area contributed by atoms with E-state index < -0.39 is 0 Å². The summed E-state index contributed by atoms with van der Waals surface area (Å²) in [5.41, 5.74) is 6.09. The van der Waals surface area contributed by atoms with Gasteiger partial charge >= 0.3 is 0 Å². The van der Waals surface area contributed by atoms with E-state index in [1.807, 2.05) is 0 Å². The van der Waals surface area contributed by atoms with Gasteiger partial charge in [-0.3, -0.25) is 4.79 Å². The zero-order chi connectivity index (χ0) is 13.4. The minimum atomic E-state index is 0.0533. The molecule has 0 bridgehead atoms. The van der Waals surface area contributed by atoms with Gasteiger partial charge in [0.2, 0.25) is 5.91 Å². The molecule has 0 aromatic rings. The van der Waals surface area contributed by atoms with Gasteiger partial charge in [0.1, 0.15) is 0 Å². The number of carbonyl (C=O) groups is 1. The summed E-state index contributed by atoms with van der Waals surface area (Å²) in [5, 5.41) is 3.07. The molecule has 3 nitrogen and oxygen atoms in total. The van der Waals surface area contributed by atoms with Gasteiger partial charge in [-0.15, -0.1) is 0 Å². The maximum Gasteiger partial charge on any atom is 0.224 e. The summed E-state index contributed by atoms with van der Waals surface area (Å²) in [6.45, 7) is 5.29. The average Bonchev–Trinajstić information content (AvgIpc) is 2.53. The lowest BCUT2D eigenvalue weighted by molar-refractivity contribution is -0.125. The van der Waals surface area contributed by atoms with Crippen LogP contribution in [0.15, 0.2) is 0 Å². The molecule has 0 aromatic heterocycles. The van der Waals surface area contributed by atoms with Gasteiger partial charge in [0.15, 0.2) is 0 Å². The second kappa shape index (κ2) is 8.52. The number of nitrogens with one attached hydrogen (secondary N) is 1. The van der Waals surface area contributed by atoms with E-state index in [2.05, 4.69) is 19.2 Å². The Kier molecular flexibility index (Phi) is 7.33. The van der Waals surface area contributed by atoms with Crippen LogP contribution in [0.4, 0.5) is 0 Å². The molecule has 0 spiro atoms. The summed E-state index contributed by atoms with van der Waals surface area (Å²) in [4.78, 5) is 12.1. The van der Waals surface area contributed by atoms with E-state index >= 15 is 0 Å². The SMILES string of the molecule is CC(C)CCCCNC(=O)C1CCCCCC1N. The number of carbonyl (C=O) groups excluding carboxylic acids is 1. The molecular formula is C15H30N2O. The van der Waals surface area contributed by atoms with E-state index in [1.165, 1.54) is 25.7 Å². The summed E-state index contributed by atoms with van der Waals surface area (Å²) < 4.78 is 0. The number of unbranched alkanes of at least 4 members (excludes halogenated alkanes) is 1. The van der Waals surface area contributed by atoms with Crippen LogP contribution in [0.5, 0.6) is 0 Å². The van der Waals surface area contributed by atoms with Gasteiger partial charge in [0.25, 0.3) is 0 Å². The van der Waals surface area contributed by atoms with Crippen LogP contribution < -0.4 is 11.1 Å². The van der Waals surface area contributed by atoms with E-state index in [1.54, 1.807) is 0 Å². The molecular weight excluding hydrogens is 224 g/mol. The minimum Gasteiger partial charge on any atom is -0.356 e. The zero-order valence-corrected chi connectivity index (χ0v) is 12.1.